The van der Waals surface area contributed by atoms with Gasteiger partial charge in [0.15, 0.2) is 5.13 Å². The SMILES string of the molecule is Cc1cccc2sc(NC(=O)Cc3cccc(OC(C)C)c3)nc12. The van der Waals surface area contributed by atoms with E-state index in [0.717, 1.165) is 27.1 Å². The van der Waals surface area contributed by atoms with Gasteiger partial charge in [-0.25, -0.2) is 4.98 Å². The van der Waals surface area contributed by atoms with Crippen LogP contribution in [0.25, 0.3) is 10.2 Å². The molecule has 0 spiro atoms. The molecule has 1 heterocycles. The van der Waals surface area contributed by atoms with Crippen molar-refractivity contribution in [2.75, 3.05) is 5.32 Å². The van der Waals surface area contributed by atoms with Crippen molar-refractivity contribution in [3.8, 4) is 5.75 Å². The summed E-state index contributed by atoms with van der Waals surface area (Å²) in [4.78, 5) is 16.8. The van der Waals surface area contributed by atoms with Crippen LogP contribution in [0.3, 0.4) is 0 Å². The quantitative estimate of drug-likeness (QED) is 0.740. The summed E-state index contributed by atoms with van der Waals surface area (Å²) in [6, 6.07) is 13.7. The average molecular weight is 340 g/mol. The molecule has 0 bridgehead atoms. The Morgan fingerprint density at radius 2 is 2.04 bits per heavy atom. The van der Waals surface area contributed by atoms with E-state index in [9.17, 15) is 4.79 Å². The third-order valence-electron chi connectivity index (χ3n) is 3.50. The molecule has 24 heavy (non-hydrogen) atoms. The third kappa shape index (κ3) is 3.92. The van der Waals surface area contributed by atoms with Crippen molar-refractivity contribution in [2.45, 2.75) is 33.3 Å². The Bertz CT molecular complexity index is 871. The Morgan fingerprint density at radius 1 is 1.25 bits per heavy atom. The molecule has 0 aliphatic rings. The first kappa shape index (κ1) is 16.5. The number of rotatable bonds is 5. The number of aromatic nitrogens is 1. The van der Waals surface area contributed by atoms with Gasteiger partial charge in [0.2, 0.25) is 5.91 Å². The molecule has 0 saturated heterocycles. The van der Waals surface area contributed by atoms with E-state index in [4.69, 9.17) is 4.74 Å². The Balaban J connectivity index is 1.69. The van der Waals surface area contributed by atoms with Gasteiger partial charge in [-0.1, -0.05) is 35.6 Å². The van der Waals surface area contributed by atoms with Crippen LogP contribution in [0, 0.1) is 6.92 Å². The predicted octanol–water partition coefficient (Wildman–Crippen LogP) is 4.57. The number of carbonyl (C=O) groups excluding carboxylic acids is 1. The van der Waals surface area contributed by atoms with E-state index in [1.54, 1.807) is 0 Å². The first-order chi connectivity index (χ1) is 11.5. The molecule has 0 fully saturated rings. The summed E-state index contributed by atoms with van der Waals surface area (Å²) in [6.45, 7) is 5.98. The highest BCUT2D eigenvalue weighted by atomic mass is 32.1. The van der Waals surface area contributed by atoms with Crippen molar-refractivity contribution in [2.24, 2.45) is 0 Å². The van der Waals surface area contributed by atoms with Crippen LogP contribution < -0.4 is 10.1 Å². The van der Waals surface area contributed by atoms with E-state index in [1.165, 1.54) is 11.3 Å². The third-order valence-corrected chi connectivity index (χ3v) is 4.44. The zero-order valence-corrected chi connectivity index (χ0v) is 14.8. The summed E-state index contributed by atoms with van der Waals surface area (Å²) in [7, 11) is 0. The fourth-order valence-corrected chi connectivity index (χ4v) is 3.45. The van der Waals surface area contributed by atoms with Gasteiger partial charge in [-0.3, -0.25) is 4.79 Å². The van der Waals surface area contributed by atoms with Crippen LogP contribution in [0.1, 0.15) is 25.0 Å². The fraction of sp³-hybridized carbons (Fsp3) is 0.263. The summed E-state index contributed by atoms with van der Waals surface area (Å²) in [5.41, 5.74) is 2.98. The average Bonchev–Trinajstić information content (AvgIpc) is 2.90. The topological polar surface area (TPSA) is 51.2 Å². The van der Waals surface area contributed by atoms with Crippen molar-refractivity contribution in [1.29, 1.82) is 0 Å². The van der Waals surface area contributed by atoms with Crippen LogP contribution in [0.4, 0.5) is 5.13 Å². The summed E-state index contributed by atoms with van der Waals surface area (Å²) < 4.78 is 6.75. The number of aryl methyl sites for hydroxylation is 1. The number of amides is 1. The highest BCUT2D eigenvalue weighted by Gasteiger charge is 2.10. The second-order valence-corrected chi connectivity index (χ2v) is 7.01. The molecule has 1 amide bonds. The van der Waals surface area contributed by atoms with Crippen LogP contribution >= 0.6 is 11.3 Å². The molecule has 1 N–H and O–H groups in total. The summed E-state index contributed by atoms with van der Waals surface area (Å²) in [5, 5.41) is 3.53. The van der Waals surface area contributed by atoms with Crippen molar-refractivity contribution >= 4 is 32.6 Å². The van der Waals surface area contributed by atoms with Gasteiger partial charge in [0.1, 0.15) is 5.75 Å². The molecule has 4 nitrogen and oxygen atoms in total. The zero-order chi connectivity index (χ0) is 17.1. The molecular weight excluding hydrogens is 320 g/mol. The van der Waals surface area contributed by atoms with Gasteiger partial charge < -0.3 is 10.1 Å². The van der Waals surface area contributed by atoms with E-state index < -0.39 is 0 Å². The van der Waals surface area contributed by atoms with Crippen LogP contribution in [0.2, 0.25) is 0 Å². The van der Waals surface area contributed by atoms with Gasteiger partial charge in [0.25, 0.3) is 0 Å². The van der Waals surface area contributed by atoms with Crippen molar-refractivity contribution in [3.63, 3.8) is 0 Å². The molecule has 2 aromatic carbocycles. The minimum atomic E-state index is -0.0755. The lowest BCUT2D eigenvalue weighted by Crippen LogP contribution is -2.14. The first-order valence-corrected chi connectivity index (χ1v) is 8.74. The molecule has 0 aliphatic heterocycles. The molecule has 3 aromatic rings. The van der Waals surface area contributed by atoms with E-state index >= 15 is 0 Å². The fourth-order valence-electron chi connectivity index (χ4n) is 2.49. The second-order valence-electron chi connectivity index (χ2n) is 5.98. The van der Waals surface area contributed by atoms with Gasteiger partial charge in [-0.15, -0.1) is 0 Å². The zero-order valence-electron chi connectivity index (χ0n) is 14.0. The monoisotopic (exact) mass is 340 g/mol. The number of para-hydroxylation sites is 1. The lowest BCUT2D eigenvalue weighted by molar-refractivity contribution is -0.115. The Kier molecular flexibility index (Phi) is 4.81. The summed E-state index contributed by atoms with van der Waals surface area (Å²) in [6.07, 6.45) is 0.407. The molecule has 0 unspecified atom stereocenters. The maximum Gasteiger partial charge on any atom is 0.230 e. The number of hydrogen-bond acceptors (Lipinski definition) is 4. The van der Waals surface area contributed by atoms with E-state index in [0.29, 0.717) is 11.6 Å². The summed E-state index contributed by atoms with van der Waals surface area (Å²) in [5.74, 6) is 0.708. The molecule has 5 heteroatoms. The molecule has 0 aliphatic carbocycles. The lowest BCUT2D eigenvalue weighted by Gasteiger charge is -2.10. The Labute approximate surface area is 145 Å². The smallest absolute Gasteiger partial charge is 0.230 e. The van der Waals surface area contributed by atoms with E-state index in [-0.39, 0.29) is 12.0 Å². The molecule has 3 rings (SSSR count). The Hall–Kier alpha value is -2.40. The maximum atomic E-state index is 12.3. The molecule has 124 valence electrons. The molecule has 0 saturated carbocycles. The number of hydrogen-bond donors (Lipinski definition) is 1. The van der Waals surface area contributed by atoms with Crippen LogP contribution in [-0.2, 0) is 11.2 Å². The second kappa shape index (κ2) is 7.01. The highest BCUT2D eigenvalue weighted by Crippen LogP contribution is 2.28. The molecular formula is C19H20N2O2S. The van der Waals surface area contributed by atoms with Crippen LogP contribution in [0.15, 0.2) is 42.5 Å². The van der Waals surface area contributed by atoms with E-state index in [2.05, 4.69) is 10.3 Å². The Morgan fingerprint density at radius 3 is 2.79 bits per heavy atom. The number of nitrogens with zero attached hydrogens (tertiary/aromatic N) is 1. The van der Waals surface area contributed by atoms with Gasteiger partial charge >= 0.3 is 0 Å². The molecule has 0 atom stereocenters. The van der Waals surface area contributed by atoms with Crippen LogP contribution in [-0.4, -0.2) is 17.0 Å². The van der Waals surface area contributed by atoms with Crippen molar-refractivity contribution < 1.29 is 9.53 Å². The predicted molar refractivity (Wildman–Crippen MR) is 98.9 cm³/mol. The van der Waals surface area contributed by atoms with Gasteiger partial charge in [-0.05, 0) is 50.1 Å². The maximum absolute atomic E-state index is 12.3. The van der Waals surface area contributed by atoms with Gasteiger partial charge in [0.05, 0.1) is 22.7 Å². The van der Waals surface area contributed by atoms with Gasteiger partial charge in [0, 0.05) is 0 Å². The van der Waals surface area contributed by atoms with Crippen molar-refractivity contribution in [3.05, 3.63) is 53.6 Å². The van der Waals surface area contributed by atoms with Crippen LogP contribution in [0.5, 0.6) is 5.75 Å². The lowest BCUT2D eigenvalue weighted by atomic mass is 10.1. The van der Waals surface area contributed by atoms with Crippen molar-refractivity contribution in [1.82, 2.24) is 4.98 Å². The first-order valence-electron chi connectivity index (χ1n) is 7.93. The number of carbonyl (C=O) groups is 1. The van der Waals surface area contributed by atoms with Gasteiger partial charge in [-0.2, -0.15) is 0 Å². The minimum Gasteiger partial charge on any atom is -0.491 e. The standard InChI is InChI=1S/C19H20N2O2S/c1-12(2)23-15-8-5-7-14(10-15)11-17(22)20-19-21-18-13(3)6-4-9-16(18)24-19/h4-10,12H,11H2,1-3H3,(H,20,21,22). The number of fused-ring (bicyclic) bond motifs is 1. The molecule has 0 radical (unpaired) electrons. The number of ether oxygens (including phenoxy) is 1. The highest BCUT2D eigenvalue weighted by molar-refractivity contribution is 7.22. The number of thiazole rings is 1. The number of nitrogens with one attached hydrogen (secondary N) is 1. The number of anilines is 1. The summed E-state index contributed by atoms with van der Waals surface area (Å²) >= 11 is 1.49. The van der Waals surface area contributed by atoms with E-state index in [1.807, 2.05) is 63.2 Å². The largest absolute Gasteiger partial charge is 0.491 e. The molecule has 1 aromatic heterocycles. The normalized spacial score (nSPS) is 11.0. The minimum absolute atomic E-state index is 0.0755. The number of benzene rings is 2.